The van der Waals surface area contributed by atoms with Crippen molar-refractivity contribution in [3.8, 4) is 5.75 Å². The fraction of sp³-hybridized carbons (Fsp3) is 0.667. The third kappa shape index (κ3) is 5.47. The van der Waals surface area contributed by atoms with E-state index in [0.29, 0.717) is 6.04 Å². The minimum Gasteiger partial charge on any atom is -0.490 e. The van der Waals surface area contributed by atoms with Gasteiger partial charge in [0.05, 0.1) is 6.20 Å². The molecule has 2 atom stereocenters. The maximum absolute atomic E-state index is 5.81. The predicted octanol–water partition coefficient (Wildman–Crippen LogP) is 3.96. The largest absolute Gasteiger partial charge is 0.490 e. The van der Waals surface area contributed by atoms with Crippen LogP contribution in [0.25, 0.3) is 0 Å². The molecule has 1 aliphatic rings. The van der Waals surface area contributed by atoms with E-state index in [1.54, 1.807) is 12.4 Å². The molecule has 0 amide bonds. The summed E-state index contributed by atoms with van der Waals surface area (Å²) in [6, 6.07) is 5.20. The Morgan fingerprint density at radius 3 is 2.70 bits per heavy atom. The van der Waals surface area contributed by atoms with Crippen LogP contribution in [-0.2, 0) is 0 Å². The molecule has 1 aromatic heterocycles. The van der Waals surface area contributed by atoms with Crippen molar-refractivity contribution in [1.82, 2.24) is 9.88 Å². The molecule has 0 bridgehead atoms. The topological polar surface area (TPSA) is 25.4 Å². The van der Waals surface area contributed by atoms with Crippen LogP contribution in [0, 0.1) is 0 Å². The number of aromatic nitrogens is 1. The van der Waals surface area contributed by atoms with Crippen LogP contribution in [0.1, 0.15) is 39.0 Å². The molecular weight excluding hydrogens is 295 g/mol. The molecule has 20 heavy (non-hydrogen) atoms. The van der Waals surface area contributed by atoms with Crippen LogP contribution in [0.5, 0.6) is 5.75 Å². The summed E-state index contributed by atoms with van der Waals surface area (Å²) in [5, 5.41) is 0. The van der Waals surface area contributed by atoms with Crippen molar-refractivity contribution in [2.24, 2.45) is 0 Å². The van der Waals surface area contributed by atoms with E-state index in [9.17, 15) is 0 Å². The number of pyridine rings is 1. The summed E-state index contributed by atoms with van der Waals surface area (Å²) < 4.78 is 5.81. The van der Waals surface area contributed by atoms with Crippen LogP contribution in [0.3, 0.4) is 0 Å². The van der Waals surface area contributed by atoms with Crippen LogP contribution in [0.15, 0.2) is 24.5 Å². The Kier molecular flexibility index (Phi) is 9.99. The van der Waals surface area contributed by atoms with Crippen molar-refractivity contribution < 1.29 is 4.74 Å². The molecule has 5 heteroatoms. The molecule has 116 valence electrons. The number of hydrogen-bond donors (Lipinski definition) is 0. The Morgan fingerprint density at radius 1 is 1.30 bits per heavy atom. The Hall–Kier alpha value is -0.510. The monoisotopic (exact) mass is 320 g/mol. The van der Waals surface area contributed by atoms with Crippen LogP contribution in [0.2, 0.25) is 0 Å². The molecule has 0 spiro atoms. The molecule has 0 saturated carbocycles. The smallest absolute Gasteiger partial charge is 0.137 e. The first-order valence-electron chi connectivity index (χ1n) is 7.06. The lowest BCUT2D eigenvalue weighted by Gasteiger charge is -2.25. The summed E-state index contributed by atoms with van der Waals surface area (Å²) in [6.45, 7) is 3.04. The molecule has 2 heterocycles. The predicted molar refractivity (Wildman–Crippen MR) is 88.3 cm³/mol. The minimum atomic E-state index is 0. The summed E-state index contributed by atoms with van der Waals surface area (Å²) in [5.41, 5.74) is 0. The maximum Gasteiger partial charge on any atom is 0.137 e. The summed E-state index contributed by atoms with van der Waals surface area (Å²) in [4.78, 5) is 6.57. The zero-order chi connectivity index (χ0) is 12.8. The second-order valence-corrected chi connectivity index (χ2v) is 5.19. The molecule has 2 rings (SSSR count). The van der Waals surface area contributed by atoms with Gasteiger partial charge in [0.2, 0.25) is 0 Å². The van der Waals surface area contributed by atoms with Crippen LogP contribution < -0.4 is 4.74 Å². The highest BCUT2D eigenvalue weighted by Crippen LogP contribution is 2.26. The van der Waals surface area contributed by atoms with Gasteiger partial charge in [-0.25, -0.2) is 0 Å². The Bertz CT molecular complexity index is 351. The van der Waals surface area contributed by atoms with Gasteiger partial charge in [0.15, 0.2) is 0 Å². The number of likely N-dealkylation sites (tertiary alicyclic amines) is 1. The average molecular weight is 321 g/mol. The van der Waals surface area contributed by atoms with Crippen LogP contribution >= 0.6 is 24.8 Å². The molecule has 1 aromatic rings. The molecule has 0 N–H and O–H groups in total. The number of rotatable bonds is 6. The molecule has 0 radical (unpaired) electrons. The van der Waals surface area contributed by atoms with Crippen molar-refractivity contribution in [1.29, 1.82) is 0 Å². The van der Waals surface area contributed by atoms with E-state index < -0.39 is 0 Å². The number of nitrogens with zero attached hydrogens (tertiary/aromatic N) is 2. The molecule has 3 nitrogen and oxygen atoms in total. The summed E-state index contributed by atoms with van der Waals surface area (Å²) >= 11 is 0. The number of likely N-dealkylation sites (N-methyl/N-ethyl adjacent to an activating group) is 1. The van der Waals surface area contributed by atoms with Gasteiger partial charge >= 0.3 is 0 Å². The third-order valence-electron chi connectivity index (χ3n) is 3.95. The van der Waals surface area contributed by atoms with Gasteiger partial charge in [-0.2, -0.15) is 0 Å². The van der Waals surface area contributed by atoms with Gasteiger partial charge in [0.1, 0.15) is 12.4 Å². The van der Waals surface area contributed by atoms with E-state index in [2.05, 4.69) is 23.9 Å². The molecule has 0 aromatic carbocycles. The first kappa shape index (κ1) is 19.5. The highest BCUT2D eigenvalue weighted by atomic mass is 35.5. The van der Waals surface area contributed by atoms with Crippen molar-refractivity contribution in [3.63, 3.8) is 0 Å². The number of ether oxygens (including phenoxy) is 1. The van der Waals surface area contributed by atoms with E-state index in [1.807, 2.05) is 12.1 Å². The van der Waals surface area contributed by atoms with Crippen LogP contribution in [0.4, 0.5) is 0 Å². The zero-order valence-electron chi connectivity index (χ0n) is 12.3. The van der Waals surface area contributed by atoms with Gasteiger partial charge < -0.3 is 4.74 Å². The maximum atomic E-state index is 5.81. The lowest BCUT2D eigenvalue weighted by Crippen LogP contribution is -2.36. The molecule has 0 unspecified atom stereocenters. The average Bonchev–Trinajstić information content (AvgIpc) is 2.76. The van der Waals surface area contributed by atoms with E-state index in [-0.39, 0.29) is 24.8 Å². The quantitative estimate of drug-likeness (QED) is 0.793. The van der Waals surface area contributed by atoms with Gasteiger partial charge in [-0.15, -0.1) is 24.8 Å². The van der Waals surface area contributed by atoms with E-state index in [1.165, 1.54) is 32.1 Å². The molecule has 1 aliphatic heterocycles. The Balaban J connectivity index is 0.00000180. The molecular formula is C15H26Cl2N2O. The fourth-order valence-electron chi connectivity index (χ4n) is 2.70. The lowest BCUT2D eigenvalue weighted by molar-refractivity contribution is 0.163. The van der Waals surface area contributed by atoms with Gasteiger partial charge in [-0.3, -0.25) is 9.88 Å². The van der Waals surface area contributed by atoms with E-state index in [0.717, 1.165) is 18.4 Å². The highest BCUT2D eigenvalue weighted by molar-refractivity contribution is 5.85. The highest BCUT2D eigenvalue weighted by Gasteiger charge is 2.30. The SMILES string of the molecule is CCCC[C@H]1CC[C@@H](COc2cccnc2)N1C.Cl.Cl. The number of halogens is 2. The molecule has 1 fully saturated rings. The first-order chi connectivity index (χ1) is 8.81. The summed E-state index contributed by atoms with van der Waals surface area (Å²) in [6.07, 6.45) is 10.1. The van der Waals surface area contributed by atoms with Gasteiger partial charge in [-0.05, 0) is 38.4 Å². The van der Waals surface area contributed by atoms with Gasteiger partial charge in [0.25, 0.3) is 0 Å². The van der Waals surface area contributed by atoms with E-state index >= 15 is 0 Å². The van der Waals surface area contributed by atoms with E-state index in [4.69, 9.17) is 4.74 Å². The van der Waals surface area contributed by atoms with Gasteiger partial charge in [-0.1, -0.05) is 19.8 Å². The van der Waals surface area contributed by atoms with Crippen molar-refractivity contribution in [3.05, 3.63) is 24.5 Å². The van der Waals surface area contributed by atoms with Crippen LogP contribution in [-0.4, -0.2) is 35.6 Å². The van der Waals surface area contributed by atoms with Crippen molar-refractivity contribution in [2.75, 3.05) is 13.7 Å². The number of unbranched alkanes of at least 4 members (excludes halogenated alkanes) is 1. The van der Waals surface area contributed by atoms with Gasteiger partial charge in [0, 0.05) is 18.3 Å². The Morgan fingerprint density at radius 2 is 2.05 bits per heavy atom. The van der Waals surface area contributed by atoms with Crippen molar-refractivity contribution >= 4 is 24.8 Å². The molecule has 1 saturated heterocycles. The zero-order valence-corrected chi connectivity index (χ0v) is 14.0. The second-order valence-electron chi connectivity index (χ2n) is 5.19. The standard InChI is InChI=1S/C15H24N2O.2ClH/c1-3-4-6-13-8-9-14(17(13)2)12-18-15-7-5-10-16-11-15;;/h5,7,10-11,13-14H,3-4,6,8-9,12H2,1-2H3;2*1H/t13-,14-;;/m0../s1. The van der Waals surface area contributed by atoms with Crippen molar-refractivity contribution in [2.45, 2.75) is 51.1 Å². The first-order valence-corrected chi connectivity index (χ1v) is 7.06. The summed E-state index contributed by atoms with van der Waals surface area (Å²) in [7, 11) is 2.24. The molecule has 0 aliphatic carbocycles. The normalized spacial score (nSPS) is 21.9. The fourth-order valence-corrected chi connectivity index (χ4v) is 2.70. The Labute approximate surface area is 134 Å². The number of hydrogen-bond acceptors (Lipinski definition) is 3. The minimum absolute atomic E-state index is 0. The summed E-state index contributed by atoms with van der Waals surface area (Å²) in [5.74, 6) is 0.878. The lowest BCUT2D eigenvalue weighted by atomic mass is 10.1. The third-order valence-corrected chi connectivity index (χ3v) is 3.95. The second kappa shape index (κ2) is 10.3.